The van der Waals surface area contributed by atoms with E-state index in [1.165, 1.54) is 24.3 Å². The van der Waals surface area contributed by atoms with Crippen LogP contribution in [0.1, 0.15) is 20.3 Å². The molecule has 2 amide bonds. The summed E-state index contributed by atoms with van der Waals surface area (Å²) in [7, 11) is 0. The lowest BCUT2D eigenvalue weighted by atomic mass is 10.3. The fourth-order valence-corrected chi connectivity index (χ4v) is 1.58. The van der Waals surface area contributed by atoms with Crippen LogP contribution in [0.5, 0.6) is 0 Å². The van der Waals surface area contributed by atoms with Gasteiger partial charge in [0.25, 0.3) is 0 Å². The zero-order valence-corrected chi connectivity index (χ0v) is 10.8. The number of amides is 2. The topological polar surface area (TPSA) is 58.4 Å². The van der Waals surface area contributed by atoms with E-state index in [4.69, 9.17) is 5.73 Å². The van der Waals surface area contributed by atoms with Crippen LogP contribution in [0.15, 0.2) is 24.3 Å². The predicted molar refractivity (Wildman–Crippen MR) is 70.9 cm³/mol. The summed E-state index contributed by atoms with van der Waals surface area (Å²) in [6, 6.07) is 5.61. The van der Waals surface area contributed by atoms with Crippen LogP contribution < -0.4 is 11.1 Å². The van der Waals surface area contributed by atoms with Gasteiger partial charge < -0.3 is 16.0 Å². The molecule has 0 saturated carbocycles. The lowest BCUT2D eigenvalue weighted by molar-refractivity contribution is 0.196. The number of nitrogens with two attached hydrogens (primary N) is 1. The molecule has 18 heavy (non-hydrogen) atoms. The third kappa shape index (κ3) is 4.33. The van der Waals surface area contributed by atoms with Crippen molar-refractivity contribution in [1.29, 1.82) is 0 Å². The smallest absolute Gasteiger partial charge is 0.322 e. The molecule has 0 unspecified atom stereocenters. The van der Waals surface area contributed by atoms with Gasteiger partial charge in [-0.1, -0.05) is 0 Å². The monoisotopic (exact) mass is 253 g/mol. The minimum absolute atomic E-state index is 0.0944. The summed E-state index contributed by atoms with van der Waals surface area (Å²) >= 11 is 0. The van der Waals surface area contributed by atoms with E-state index in [2.05, 4.69) is 5.32 Å². The summed E-state index contributed by atoms with van der Waals surface area (Å²) in [4.78, 5) is 13.7. The highest BCUT2D eigenvalue weighted by molar-refractivity contribution is 5.89. The largest absolute Gasteiger partial charge is 0.330 e. The van der Waals surface area contributed by atoms with Crippen molar-refractivity contribution in [1.82, 2.24) is 4.90 Å². The molecule has 5 heteroatoms. The molecule has 0 aromatic heterocycles. The van der Waals surface area contributed by atoms with Gasteiger partial charge in [0.05, 0.1) is 0 Å². The van der Waals surface area contributed by atoms with Crippen LogP contribution in [0.25, 0.3) is 0 Å². The average Bonchev–Trinajstić information content (AvgIpc) is 2.32. The highest BCUT2D eigenvalue weighted by atomic mass is 19.1. The number of halogens is 1. The number of carbonyl (C=O) groups is 1. The summed E-state index contributed by atoms with van der Waals surface area (Å²) < 4.78 is 12.7. The number of rotatable bonds is 5. The molecule has 0 radical (unpaired) electrons. The number of hydrogen-bond acceptors (Lipinski definition) is 2. The van der Waals surface area contributed by atoms with Crippen LogP contribution in [0, 0.1) is 5.82 Å². The Kier molecular flexibility index (Phi) is 5.58. The van der Waals surface area contributed by atoms with E-state index in [1.807, 2.05) is 13.8 Å². The third-order valence-corrected chi connectivity index (χ3v) is 2.58. The van der Waals surface area contributed by atoms with E-state index < -0.39 is 0 Å². The molecule has 1 aromatic rings. The highest BCUT2D eigenvalue weighted by Gasteiger charge is 2.16. The maximum atomic E-state index is 12.7. The highest BCUT2D eigenvalue weighted by Crippen LogP contribution is 2.10. The number of anilines is 1. The Morgan fingerprint density at radius 3 is 2.50 bits per heavy atom. The first-order chi connectivity index (χ1) is 8.54. The molecule has 0 heterocycles. The Morgan fingerprint density at radius 1 is 1.39 bits per heavy atom. The van der Waals surface area contributed by atoms with Gasteiger partial charge in [-0.15, -0.1) is 0 Å². The molecule has 100 valence electrons. The van der Waals surface area contributed by atoms with Crippen molar-refractivity contribution in [2.75, 3.05) is 18.4 Å². The maximum Gasteiger partial charge on any atom is 0.322 e. The first-order valence-electron chi connectivity index (χ1n) is 6.08. The minimum atomic E-state index is -0.322. The van der Waals surface area contributed by atoms with Crippen molar-refractivity contribution in [3.05, 3.63) is 30.1 Å². The summed E-state index contributed by atoms with van der Waals surface area (Å²) in [5.41, 5.74) is 6.03. The van der Waals surface area contributed by atoms with Crippen LogP contribution in [-0.4, -0.2) is 30.1 Å². The molecule has 3 N–H and O–H groups in total. The summed E-state index contributed by atoms with van der Waals surface area (Å²) in [5, 5.41) is 2.74. The molecule has 0 aliphatic heterocycles. The average molecular weight is 253 g/mol. The Bertz CT molecular complexity index is 378. The van der Waals surface area contributed by atoms with Crippen LogP contribution in [0.3, 0.4) is 0 Å². The van der Waals surface area contributed by atoms with Gasteiger partial charge in [0.15, 0.2) is 0 Å². The molecule has 0 atom stereocenters. The van der Waals surface area contributed by atoms with Crippen molar-refractivity contribution >= 4 is 11.7 Å². The molecule has 0 bridgehead atoms. The molecular weight excluding hydrogens is 233 g/mol. The normalized spacial score (nSPS) is 10.5. The van der Waals surface area contributed by atoms with Gasteiger partial charge >= 0.3 is 6.03 Å². The molecule has 0 aliphatic carbocycles. The lowest BCUT2D eigenvalue weighted by Crippen LogP contribution is -2.41. The number of urea groups is 1. The van der Waals surface area contributed by atoms with Crippen LogP contribution >= 0.6 is 0 Å². The van der Waals surface area contributed by atoms with Gasteiger partial charge in [0, 0.05) is 18.3 Å². The molecule has 1 rings (SSSR count). The van der Waals surface area contributed by atoms with E-state index in [-0.39, 0.29) is 17.9 Å². The van der Waals surface area contributed by atoms with Crippen molar-refractivity contribution < 1.29 is 9.18 Å². The van der Waals surface area contributed by atoms with Crippen molar-refractivity contribution in [3.63, 3.8) is 0 Å². The summed E-state index contributed by atoms with van der Waals surface area (Å²) in [5.74, 6) is -0.322. The number of nitrogens with zero attached hydrogens (tertiary/aromatic N) is 1. The predicted octanol–water partition coefficient (Wildman–Crippen LogP) is 2.42. The van der Waals surface area contributed by atoms with Crippen molar-refractivity contribution in [3.8, 4) is 0 Å². The second-order valence-electron chi connectivity index (χ2n) is 4.37. The molecule has 1 aromatic carbocycles. The third-order valence-electron chi connectivity index (χ3n) is 2.58. The second-order valence-corrected chi connectivity index (χ2v) is 4.37. The first kappa shape index (κ1) is 14.4. The Hall–Kier alpha value is -1.62. The maximum absolute atomic E-state index is 12.7. The van der Waals surface area contributed by atoms with E-state index in [0.29, 0.717) is 18.8 Å². The molecule has 0 spiro atoms. The number of nitrogens with one attached hydrogen (secondary N) is 1. The van der Waals surface area contributed by atoms with Crippen LogP contribution in [0.2, 0.25) is 0 Å². The number of benzene rings is 1. The van der Waals surface area contributed by atoms with E-state index in [1.54, 1.807) is 4.90 Å². The Balaban J connectivity index is 2.63. The Morgan fingerprint density at radius 2 is 2.00 bits per heavy atom. The molecule has 0 aliphatic rings. The zero-order chi connectivity index (χ0) is 13.5. The van der Waals surface area contributed by atoms with Gasteiger partial charge in [0.1, 0.15) is 5.82 Å². The van der Waals surface area contributed by atoms with Crippen LogP contribution in [0.4, 0.5) is 14.9 Å². The lowest BCUT2D eigenvalue weighted by Gasteiger charge is -2.26. The summed E-state index contributed by atoms with van der Waals surface area (Å²) in [6.07, 6.45) is 0.759. The SMILES string of the molecule is CC(C)N(CCCN)C(=O)Nc1ccc(F)cc1. The van der Waals surface area contributed by atoms with Gasteiger partial charge in [-0.3, -0.25) is 0 Å². The standard InChI is InChI=1S/C13H20FN3O/c1-10(2)17(9-3-8-15)13(18)16-12-6-4-11(14)5-7-12/h4-7,10H,3,8-9,15H2,1-2H3,(H,16,18). The summed E-state index contributed by atoms with van der Waals surface area (Å²) in [6.45, 7) is 5.05. The van der Waals surface area contributed by atoms with E-state index >= 15 is 0 Å². The fraction of sp³-hybridized carbons (Fsp3) is 0.462. The quantitative estimate of drug-likeness (QED) is 0.846. The van der Waals surface area contributed by atoms with E-state index in [0.717, 1.165) is 6.42 Å². The Labute approximate surface area is 107 Å². The molecule has 0 saturated heterocycles. The minimum Gasteiger partial charge on any atom is -0.330 e. The first-order valence-corrected chi connectivity index (χ1v) is 6.08. The number of carbonyl (C=O) groups excluding carboxylic acids is 1. The molecule has 0 fully saturated rings. The zero-order valence-electron chi connectivity index (χ0n) is 10.8. The molecule has 4 nitrogen and oxygen atoms in total. The van der Waals surface area contributed by atoms with Gasteiger partial charge in [-0.25, -0.2) is 9.18 Å². The fourth-order valence-electron chi connectivity index (χ4n) is 1.58. The van der Waals surface area contributed by atoms with Crippen molar-refractivity contribution in [2.24, 2.45) is 5.73 Å². The van der Waals surface area contributed by atoms with E-state index in [9.17, 15) is 9.18 Å². The molecular formula is C13H20FN3O. The van der Waals surface area contributed by atoms with Gasteiger partial charge in [-0.05, 0) is 51.1 Å². The van der Waals surface area contributed by atoms with Gasteiger partial charge in [-0.2, -0.15) is 0 Å². The van der Waals surface area contributed by atoms with Crippen LogP contribution in [-0.2, 0) is 0 Å². The van der Waals surface area contributed by atoms with Gasteiger partial charge in [0.2, 0.25) is 0 Å². The number of hydrogen-bond donors (Lipinski definition) is 2. The van der Waals surface area contributed by atoms with Crippen molar-refractivity contribution in [2.45, 2.75) is 26.3 Å². The second kappa shape index (κ2) is 6.96.